The maximum Gasteiger partial charge on any atom is 0.433 e. The third kappa shape index (κ3) is 3.04. The van der Waals surface area contributed by atoms with Gasteiger partial charge in [-0.25, -0.2) is 0 Å². The number of nitrogens with one attached hydrogen (secondary N) is 1. The molecule has 0 saturated carbocycles. The number of aromatic nitrogens is 4. The zero-order valence-corrected chi connectivity index (χ0v) is 15.0. The van der Waals surface area contributed by atoms with Gasteiger partial charge in [0.2, 0.25) is 4.96 Å². The van der Waals surface area contributed by atoms with Crippen molar-refractivity contribution in [3.63, 3.8) is 0 Å². The summed E-state index contributed by atoms with van der Waals surface area (Å²) in [5.41, 5.74) is 2.18. The van der Waals surface area contributed by atoms with Gasteiger partial charge in [-0.3, -0.25) is 14.9 Å². The van der Waals surface area contributed by atoms with Crippen molar-refractivity contribution in [2.24, 2.45) is 0 Å². The van der Waals surface area contributed by atoms with E-state index in [0.29, 0.717) is 16.5 Å². The zero-order chi connectivity index (χ0) is 19.1. The van der Waals surface area contributed by atoms with E-state index in [1.54, 1.807) is 10.6 Å². The Morgan fingerprint density at radius 1 is 1.26 bits per heavy atom. The van der Waals surface area contributed by atoms with Crippen LogP contribution in [0.15, 0.2) is 34.7 Å². The molecule has 1 amide bonds. The molecule has 27 heavy (non-hydrogen) atoms. The number of hydrogen-bond donors (Lipinski definition) is 1. The molecule has 0 aliphatic carbocycles. The van der Waals surface area contributed by atoms with Crippen molar-refractivity contribution in [2.45, 2.75) is 13.8 Å². The van der Waals surface area contributed by atoms with Crippen molar-refractivity contribution in [1.29, 1.82) is 0 Å². The van der Waals surface area contributed by atoms with Crippen LogP contribution in [0.25, 0.3) is 15.5 Å². The average molecular weight is 384 g/mol. The standard InChI is InChI=1S/C16H12N6O4S/c1-8-3-4-10(15-20-21-9(2)18-19-16(21)27-15)7-11(8)17-14(23)12-5-6-13(26-12)22(24)25/h3-7H,1-2H3,(H,17,23). The Morgan fingerprint density at radius 2 is 2.07 bits per heavy atom. The molecule has 1 N–H and O–H groups in total. The van der Waals surface area contributed by atoms with Gasteiger partial charge < -0.3 is 9.73 Å². The number of carbonyl (C=O) groups is 1. The molecule has 3 heterocycles. The first-order valence-corrected chi connectivity index (χ1v) is 8.59. The number of anilines is 1. The van der Waals surface area contributed by atoms with Gasteiger partial charge in [0, 0.05) is 11.3 Å². The fraction of sp³-hybridized carbons (Fsp3) is 0.125. The number of nitrogens with zero attached hydrogens (tertiary/aromatic N) is 5. The third-order valence-electron chi connectivity index (χ3n) is 3.88. The molecule has 0 atom stereocenters. The van der Waals surface area contributed by atoms with Gasteiger partial charge in [0.25, 0.3) is 5.91 Å². The van der Waals surface area contributed by atoms with E-state index in [2.05, 4.69) is 20.6 Å². The summed E-state index contributed by atoms with van der Waals surface area (Å²) >= 11 is 1.38. The lowest BCUT2D eigenvalue weighted by Gasteiger charge is -2.08. The highest BCUT2D eigenvalue weighted by molar-refractivity contribution is 7.19. The Bertz CT molecular complexity index is 1190. The van der Waals surface area contributed by atoms with Crippen LogP contribution in [0.3, 0.4) is 0 Å². The number of hydrogen-bond acceptors (Lipinski definition) is 8. The number of aryl methyl sites for hydroxylation is 2. The number of amides is 1. The Hall–Kier alpha value is -3.60. The van der Waals surface area contributed by atoms with E-state index in [1.807, 2.05) is 26.0 Å². The first-order chi connectivity index (χ1) is 12.9. The van der Waals surface area contributed by atoms with Gasteiger partial charge in [-0.2, -0.15) is 9.61 Å². The Balaban J connectivity index is 1.63. The molecular weight excluding hydrogens is 372 g/mol. The van der Waals surface area contributed by atoms with Gasteiger partial charge in [0.05, 0.1) is 6.07 Å². The number of furan rings is 1. The summed E-state index contributed by atoms with van der Waals surface area (Å²) in [6, 6.07) is 7.93. The van der Waals surface area contributed by atoms with Crippen molar-refractivity contribution >= 4 is 33.8 Å². The van der Waals surface area contributed by atoms with Gasteiger partial charge >= 0.3 is 5.88 Å². The number of benzene rings is 1. The van der Waals surface area contributed by atoms with E-state index in [-0.39, 0.29) is 5.76 Å². The van der Waals surface area contributed by atoms with Gasteiger partial charge in [-0.1, -0.05) is 23.5 Å². The van der Waals surface area contributed by atoms with Crippen LogP contribution in [0.4, 0.5) is 11.6 Å². The molecule has 0 bridgehead atoms. The van der Waals surface area contributed by atoms with E-state index in [9.17, 15) is 14.9 Å². The minimum Gasteiger partial charge on any atom is -0.395 e. The summed E-state index contributed by atoms with van der Waals surface area (Å²) in [5.74, 6) is -0.508. The SMILES string of the molecule is Cc1ccc(-c2nn3c(C)nnc3s2)cc1NC(=O)c1ccc([N+](=O)[O-])o1. The number of fused-ring (bicyclic) bond motifs is 1. The maximum atomic E-state index is 12.3. The molecule has 0 saturated heterocycles. The quantitative estimate of drug-likeness (QED) is 0.422. The van der Waals surface area contributed by atoms with Crippen LogP contribution < -0.4 is 5.32 Å². The molecule has 10 nitrogen and oxygen atoms in total. The van der Waals surface area contributed by atoms with Crippen molar-refractivity contribution in [1.82, 2.24) is 19.8 Å². The third-order valence-corrected chi connectivity index (χ3v) is 4.82. The normalized spacial score (nSPS) is 11.0. The highest BCUT2D eigenvalue weighted by atomic mass is 32.1. The highest BCUT2D eigenvalue weighted by Gasteiger charge is 2.18. The van der Waals surface area contributed by atoms with Gasteiger partial charge in [0.15, 0.2) is 11.6 Å². The Labute approximate surface area is 155 Å². The molecule has 0 unspecified atom stereocenters. The molecule has 0 aliphatic heterocycles. The summed E-state index contributed by atoms with van der Waals surface area (Å²) in [5, 5.41) is 26.6. The molecule has 0 radical (unpaired) electrons. The molecule has 0 fully saturated rings. The minimum absolute atomic E-state index is 0.138. The first kappa shape index (κ1) is 16.8. The van der Waals surface area contributed by atoms with E-state index in [0.717, 1.165) is 22.2 Å². The summed E-state index contributed by atoms with van der Waals surface area (Å²) < 4.78 is 6.59. The van der Waals surface area contributed by atoms with E-state index < -0.39 is 16.7 Å². The maximum absolute atomic E-state index is 12.3. The van der Waals surface area contributed by atoms with E-state index in [4.69, 9.17) is 4.42 Å². The fourth-order valence-corrected chi connectivity index (χ4v) is 3.33. The monoisotopic (exact) mass is 384 g/mol. The Morgan fingerprint density at radius 3 is 2.78 bits per heavy atom. The second-order valence-corrected chi connectivity index (χ2v) is 6.68. The highest BCUT2D eigenvalue weighted by Crippen LogP contribution is 2.29. The number of rotatable bonds is 4. The zero-order valence-electron chi connectivity index (χ0n) is 14.2. The smallest absolute Gasteiger partial charge is 0.395 e. The fourth-order valence-electron chi connectivity index (χ4n) is 2.45. The van der Waals surface area contributed by atoms with Crippen LogP contribution in [0, 0.1) is 24.0 Å². The second kappa shape index (κ2) is 6.29. The molecule has 0 spiro atoms. The summed E-state index contributed by atoms with van der Waals surface area (Å²) in [4.78, 5) is 23.0. The number of carbonyl (C=O) groups excluding carboxylic acids is 1. The first-order valence-electron chi connectivity index (χ1n) is 7.78. The van der Waals surface area contributed by atoms with Crippen molar-refractivity contribution in [3.8, 4) is 10.6 Å². The topological polar surface area (TPSA) is 128 Å². The van der Waals surface area contributed by atoms with Crippen LogP contribution in [-0.4, -0.2) is 30.6 Å². The molecule has 4 aromatic rings. The van der Waals surface area contributed by atoms with Crippen LogP contribution in [0.1, 0.15) is 21.9 Å². The average Bonchev–Trinajstić information content (AvgIpc) is 3.34. The van der Waals surface area contributed by atoms with Crippen molar-refractivity contribution in [2.75, 3.05) is 5.32 Å². The van der Waals surface area contributed by atoms with Crippen LogP contribution in [-0.2, 0) is 0 Å². The second-order valence-electron chi connectivity index (χ2n) is 5.73. The van der Waals surface area contributed by atoms with Gasteiger partial charge in [-0.05, 0) is 31.5 Å². The lowest BCUT2D eigenvalue weighted by molar-refractivity contribution is -0.402. The molecular formula is C16H12N6O4S. The predicted molar refractivity (Wildman–Crippen MR) is 96.9 cm³/mol. The molecule has 3 aromatic heterocycles. The van der Waals surface area contributed by atoms with Crippen molar-refractivity contribution in [3.05, 3.63) is 57.6 Å². The van der Waals surface area contributed by atoms with E-state index >= 15 is 0 Å². The predicted octanol–water partition coefficient (Wildman–Crippen LogP) is 3.22. The molecule has 136 valence electrons. The lowest BCUT2D eigenvalue weighted by atomic mass is 10.1. The van der Waals surface area contributed by atoms with Gasteiger partial charge in [0.1, 0.15) is 9.93 Å². The Kier molecular flexibility index (Phi) is 3.92. The van der Waals surface area contributed by atoms with Crippen LogP contribution >= 0.6 is 11.3 Å². The minimum atomic E-state index is -0.696. The van der Waals surface area contributed by atoms with Gasteiger partial charge in [-0.15, -0.1) is 10.2 Å². The summed E-state index contributed by atoms with van der Waals surface area (Å²) in [6.45, 7) is 3.65. The lowest BCUT2D eigenvalue weighted by Crippen LogP contribution is -2.12. The number of nitro groups is 1. The largest absolute Gasteiger partial charge is 0.433 e. The molecule has 0 aliphatic rings. The molecule has 4 rings (SSSR count). The van der Waals surface area contributed by atoms with E-state index in [1.165, 1.54) is 17.4 Å². The van der Waals surface area contributed by atoms with Crippen LogP contribution in [0.5, 0.6) is 0 Å². The summed E-state index contributed by atoms with van der Waals surface area (Å²) in [7, 11) is 0. The summed E-state index contributed by atoms with van der Waals surface area (Å²) in [6.07, 6.45) is 0. The van der Waals surface area contributed by atoms with Crippen molar-refractivity contribution < 1.29 is 14.1 Å². The molecule has 1 aromatic carbocycles. The van der Waals surface area contributed by atoms with Crippen LogP contribution in [0.2, 0.25) is 0 Å². The molecule has 11 heteroatoms.